The van der Waals surface area contributed by atoms with Crippen molar-refractivity contribution >= 4 is 21.6 Å². The smallest absolute Gasteiger partial charge is 0.215 e. The van der Waals surface area contributed by atoms with Crippen molar-refractivity contribution in [2.75, 3.05) is 20.6 Å². The molecule has 0 bridgehead atoms. The second-order valence-electron chi connectivity index (χ2n) is 6.13. The van der Waals surface area contributed by atoms with E-state index in [1.165, 1.54) is 0 Å². The summed E-state index contributed by atoms with van der Waals surface area (Å²) in [6.45, 7) is 2.26. The molecule has 0 aliphatic rings. The van der Waals surface area contributed by atoms with Gasteiger partial charge in [-0.15, -0.1) is 0 Å². The van der Waals surface area contributed by atoms with Gasteiger partial charge in [0.2, 0.25) is 10.0 Å². The van der Waals surface area contributed by atoms with E-state index < -0.39 is 10.0 Å². The lowest BCUT2D eigenvalue weighted by Crippen LogP contribution is -2.35. The molecule has 0 aliphatic carbocycles. The Morgan fingerprint density at radius 1 is 1.12 bits per heavy atom. The molecule has 1 atom stereocenters. The highest BCUT2D eigenvalue weighted by Gasteiger charge is 2.18. The van der Waals surface area contributed by atoms with E-state index in [1.807, 2.05) is 74.4 Å². The maximum Gasteiger partial charge on any atom is 0.215 e. The van der Waals surface area contributed by atoms with E-state index in [2.05, 4.69) is 4.72 Å². The fraction of sp³-hybridized carbons (Fsp3) is 0.333. The van der Waals surface area contributed by atoms with Gasteiger partial charge in [0.25, 0.3) is 0 Å². The lowest BCUT2D eigenvalue weighted by molar-refractivity contribution is 0.299. The lowest BCUT2D eigenvalue weighted by Gasteiger charge is -2.25. The molecule has 0 amide bonds. The quantitative estimate of drug-likeness (QED) is 0.817. The normalized spacial score (nSPS) is 13.2. The monoisotopic (exact) mass is 366 g/mol. The van der Waals surface area contributed by atoms with E-state index >= 15 is 0 Å². The molecule has 0 spiro atoms. The van der Waals surface area contributed by atoms with Crippen molar-refractivity contribution in [3.05, 3.63) is 70.2 Å². The Labute approximate surface area is 149 Å². The Kier molecular flexibility index (Phi) is 6.40. The van der Waals surface area contributed by atoms with Crippen molar-refractivity contribution in [3.8, 4) is 0 Å². The van der Waals surface area contributed by atoms with Crippen molar-refractivity contribution in [1.29, 1.82) is 0 Å². The summed E-state index contributed by atoms with van der Waals surface area (Å²) >= 11 is 5.92. The summed E-state index contributed by atoms with van der Waals surface area (Å²) < 4.78 is 27.5. The van der Waals surface area contributed by atoms with Crippen molar-refractivity contribution in [2.24, 2.45) is 0 Å². The number of nitrogens with zero attached hydrogens (tertiary/aromatic N) is 1. The predicted molar refractivity (Wildman–Crippen MR) is 99.7 cm³/mol. The maximum absolute atomic E-state index is 12.4. The molecule has 0 heterocycles. The molecular weight excluding hydrogens is 344 g/mol. The molecule has 1 unspecified atom stereocenters. The molecule has 0 fully saturated rings. The summed E-state index contributed by atoms with van der Waals surface area (Å²) in [5.74, 6) is -0.0184. The standard InChI is InChI=1S/C18H23ClN2O2S/c1-14-5-4-6-15(11-14)13-24(22,23)20-12-18(21(2)3)16-7-9-17(19)10-8-16/h4-11,18,20H,12-13H2,1-3H3. The first-order valence-electron chi connectivity index (χ1n) is 7.71. The highest BCUT2D eigenvalue weighted by Crippen LogP contribution is 2.20. The van der Waals surface area contributed by atoms with Gasteiger partial charge in [-0.25, -0.2) is 13.1 Å². The molecule has 0 saturated carbocycles. The molecule has 0 aliphatic heterocycles. The number of benzene rings is 2. The minimum absolute atomic E-state index is 0.0184. The second kappa shape index (κ2) is 8.12. The largest absolute Gasteiger partial charge is 0.301 e. The summed E-state index contributed by atoms with van der Waals surface area (Å²) in [4.78, 5) is 1.98. The number of sulfonamides is 1. The molecule has 24 heavy (non-hydrogen) atoms. The van der Waals surface area contributed by atoms with Crippen molar-refractivity contribution in [1.82, 2.24) is 9.62 Å². The predicted octanol–water partition coefficient (Wildman–Crippen LogP) is 3.37. The van der Waals surface area contributed by atoms with E-state index in [0.717, 1.165) is 16.7 Å². The molecular formula is C18H23ClN2O2S. The van der Waals surface area contributed by atoms with Crippen LogP contribution >= 0.6 is 11.6 Å². The minimum Gasteiger partial charge on any atom is -0.301 e. The molecule has 2 aromatic carbocycles. The van der Waals surface area contributed by atoms with Crippen LogP contribution in [0.25, 0.3) is 0 Å². The van der Waals surface area contributed by atoms with E-state index in [9.17, 15) is 8.42 Å². The third-order valence-electron chi connectivity index (χ3n) is 3.81. The minimum atomic E-state index is -3.40. The maximum atomic E-state index is 12.4. The van der Waals surface area contributed by atoms with Gasteiger partial charge in [0.1, 0.15) is 0 Å². The Morgan fingerprint density at radius 2 is 1.79 bits per heavy atom. The summed E-state index contributed by atoms with van der Waals surface area (Å²) in [7, 11) is 0.451. The summed E-state index contributed by atoms with van der Waals surface area (Å²) in [5.41, 5.74) is 2.85. The van der Waals surface area contributed by atoms with Crippen LogP contribution in [0.5, 0.6) is 0 Å². The number of aryl methyl sites for hydroxylation is 1. The molecule has 1 N–H and O–H groups in total. The van der Waals surface area contributed by atoms with Gasteiger partial charge in [-0.2, -0.15) is 0 Å². The molecule has 4 nitrogen and oxygen atoms in total. The number of nitrogens with one attached hydrogen (secondary N) is 1. The molecule has 0 aromatic heterocycles. The average molecular weight is 367 g/mol. The molecule has 0 radical (unpaired) electrons. The van der Waals surface area contributed by atoms with Gasteiger partial charge in [0.15, 0.2) is 0 Å². The summed E-state index contributed by atoms with van der Waals surface area (Å²) in [6, 6.07) is 14.9. The van der Waals surface area contributed by atoms with Gasteiger partial charge in [-0.05, 0) is 44.3 Å². The van der Waals surface area contributed by atoms with Crippen LogP contribution in [0.4, 0.5) is 0 Å². The van der Waals surface area contributed by atoms with Gasteiger partial charge < -0.3 is 4.90 Å². The first kappa shape index (κ1) is 18.9. The fourth-order valence-electron chi connectivity index (χ4n) is 2.56. The lowest BCUT2D eigenvalue weighted by atomic mass is 10.1. The van der Waals surface area contributed by atoms with Crippen molar-refractivity contribution < 1.29 is 8.42 Å². The topological polar surface area (TPSA) is 49.4 Å². The molecule has 0 saturated heterocycles. The Hall–Kier alpha value is -1.40. The van der Waals surface area contributed by atoms with E-state index in [0.29, 0.717) is 11.6 Å². The number of likely N-dealkylation sites (N-methyl/N-ethyl adjacent to an activating group) is 1. The van der Waals surface area contributed by atoms with Crippen LogP contribution < -0.4 is 4.72 Å². The van der Waals surface area contributed by atoms with Crippen LogP contribution in [-0.4, -0.2) is 34.0 Å². The van der Waals surface area contributed by atoms with Gasteiger partial charge in [0.05, 0.1) is 5.75 Å². The average Bonchev–Trinajstić information content (AvgIpc) is 2.48. The first-order chi connectivity index (χ1) is 11.3. The Balaban J connectivity index is 2.06. The van der Waals surface area contributed by atoms with Crippen LogP contribution in [0.3, 0.4) is 0 Å². The molecule has 6 heteroatoms. The van der Waals surface area contributed by atoms with Crippen LogP contribution in [-0.2, 0) is 15.8 Å². The summed E-state index contributed by atoms with van der Waals surface area (Å²) in [6.07, 6.45) is 0. The fourth-order valence-corrected chi connectivity index (χ4v) is 3.82. The van der Waals surface area contributed by atoms with E-state index in [1.54, 1.807) is 0 Å². The van der Waals surface area contributed by atoms with Crippen molar-refractivity contribution in [2.45, 2.75) is 18.7 Å². The van der Waals surface area contributed by atoms with Crippen LogP contribution in [0.1, 0.15) is 22.7 Å². The highest BCUT2D eigenvalue weighted by atomic mass is 35.5. The highest BCUT2D eigenvalue weighted by molar-refractivity contribution is 7.88. The van der Waals surface area contributed by atoms with Gasteiger partial charge in [0, 0.05) is 17.6 Å². The summed E-state index contributed by atoms with van der Waals surface area (Å²) in [5, 5.41) is 0.663. The molecule has 2 aromatic rings. The third kappa shape index (κ3) is 5.60. The van der Waals surface area contributed by atoms with Crippen molar-refractivity contribution in [3.63, 3.8) is 0 Å². The number of halogens is 1. The van der Waals surface area contributed by atoms with Crippen LogP contribution in [0.2, 0.25) is 5.02 Å². The zero-order valence-electron chi connectivity index (χ0n) is 14.2. The zero-order chi connectivity index (χ0) is 17.7. The number of rotatable bonds is 7. The molecule has 130 valence electrons. The first-order valence-corrected chi connectivity index (χ1v) is 9.74. The Morgan fingerprint density at radius 3 is 2.38 bits per heavy atom. The van der Waals surface area contributed by atoms with Gasteiger partial charge in [-0.3, -0.25) is 0 Å². The SMILES string of the molecule is Cc1cccc(CS(=O)(=O)NCC(c2ccc(Cl)cc2)N(C)C)c1. The van der Waals surface area contributed by atoms with Crippen LogP contribution in [0.15, 0.2) is 48.5 Å². The second-order valence-corrected chi connectivity index (χ2v) is 8.37. The number of hydrogen-bond donors (Lipinski definition) is 1. The van der Waals surface area contributed by atoms with E-state index in [4.69, 9.17) is 11.6 Å². The van der Waals surface area contributed by atoms with Gasteiger partial charge >= 0.3 is 0 Å². The van der Waals surface area contributed by atoms with Gasteiger partial charge in [-0.1, -0.05) is 53.6 Å². The third-order valence-corrected chi connectivity index (χ3v) is 5.39. The molecule has 2 rings (SSSR count). The Bertz CT molecular complexity index is 774. The van der Waals surface area contributed by atoms with Crippen LogP contribution in [0, 0.1) is 6.92 Å². The number of hydrogen-bond acceptors (Lipinski definition) is 3. The zero-order valence-corrected chi connectivity index (χ0v) is 15.7. The van der Waals surface area contributed by atoms with E-state index in [-0.39, 0.29) is 11.8 Å².